The number of rotatable bonds is 4. The van der Waals surface area contributed by atoms with E-state index in [2.05, 4.69) is 0 Å². The number of methoxy groups -OCH3 is 1. The largest absolute Gasteiger partial charge is 0.507 e. The van der Waals surface area contributed by atoms with Crippen LogP contribution >= 0.6 is 11.6 Å². The van der Waals surface area contributed by atoms with Crippen molar-refractivity contribution >= 4 is 34.7 Å². The summed E-state index contributed by atoms with van der Waals surface area (Å²) in [5.74, 6) is -1.34. The molecule has 2 aliphatic rings. The number of aliphatic hydroxyl groups is 1. The quantitative estimate of drug-likeness (QED) is 0.326. The standard InChI is InChI=1S/C25H17ClFNO6/c1-32-18-9-7-16(11-17(18)26)28-22(13-2-5-15(27)6-3-13)21(24(30)25(28)31)23(29)14-4-8-19-20(10-14)34-12-33-19/h2-11,22,29H,12H2,1H3/b23-21-. The Labute approximate surface area is 198 Å². The summed E-state index contributed by atoms with van der Waals surface area (Å²) in [6, 6.07) is 13.6. The fourth-order valence-electron chi connectivity index (χ4n) is 4.06. The average Bonchev–Trinajstić information content (AvgIpc) is 3.41. The highest BCUT2D eigenvalue weighted by molar-refractivity contribution is 6.51. The first-order valence-corrected chi connectivity index (χ1v) is 10.6. The highest BCUT2D eigenvalue weighted by Crippen LogP contribution is 2.44. The van der Waals surface area contributed by atoms with Crippen molar-refractivity contribution in [2.75, 3.05) is 18.8 Å². The SMILES string of the molecule is COc1ccc(N2C(=O)C(=O)/C(=C(\O)c3ccc4c(c3)OCO4)C2c2ccc(F)cc2)cc1Cl. The summed E-state index contributed by atoms with van der Waals surface area (Å²) in [6.07, 6.45) is 0. The molecule has 0 saturated carbocycles. The molecular weight excluding hydrogens is 465 g/mol. The topological polar surface area (TPSA) is 85.3 Å². The molecule has 0 aliphatic carbocycles. The van der Waals surface area contributed by atoms with Crippen LogP contribution < -0.4 is 19.1 Å². The maximum atomic E-state index is 13.7. The fourth-order valence-corrected chi connectivity index (χ4v) is 4.32. The molecule has 1 atom stereocenters. The molecule has 1 unspecified atom stereocenters. The van der Waals surface area contributed by atoms with Crippen molar-refractivity contribution in [1.82, 2.24) is 0 Å². The molecular formula is C25H17ClFNO6. The molecule has 2 aliphatic heterocycles. The van der Waals surface area contributed by atoms with Gasteiger partial charge in [-0.15, -0.1) is 0 Å². The minimum Gasteiger partial charge on any atom is -0.507 e. The number of ketones is 1. The van der Waals surface area contributed by atoms with Crippen LogP contribution in [0, 0.1) is 5.82 Å². The lowest BCUT2D eigenvalue weighted by molar-refractivity contribution is -0.132. The Hall–Kier alpha value is -4.04. The van der Waals surface area contributed by atoms with Crippen LogP contribution in [0.25, 0.3) is 5.76 Å². The summed E-state index contributed by atoms with van der Waals surface area (Å²) >= 11 is 6.27. The highest BCUT2D eigenvalue weighted by Gasteiger charge is 2.47. The number of aliphatic hydroxyl groups excluding tert-OH is 1. The van der Waals surface area contributed by atoms with Crippen molar-refractivity contribution < 1.29 is 33.3 Å². The van der Waals surface area contributed by atoms with Crippen LogP contribution in [0.3, 0.4) is 0 Å². The van der Waals surface area contributed by atoms with Crippen molar-refractivity contribution in [3.8, 4) is 17.2 Å². The molecule has 9 heteroatoms. The predicted octanol–water partition coefficient (Wildman–Crippen LogP) is 4.84. The van der Waals surface area contributed by atoms with Crippen LogP contribution in [-0.2, 0) is 9.59 Å². The Morgan fingerprint density at radius 2 is 1.79 bits per heavy atom. The Bertz CT molecular complexity index is 1350. The van der Waals surface area contributed by atoms with Crippen molar-refractivity contribution in [1.29, 1.82) is 0 Å². The van der Waals surface area contributed by atoms with E-state index in [9.17, 15) is 19.1 Å². The molecule has 2 heterocycles. The number of amides is 1. The summed E-state index contributed by atoms with van der Waals surface area (Å²) in [6.45, 7) is 0.0394. The van der Waals surface area contributed by atoms with Gasteiger partial charge in [0.25, 0.3) is 11.7 Å². The van der Waals surface area contributed by atoms with Gasteiger partial charge >= 0.3 is 0 Å². The van der Waals surface area contributed by atoms with Crippen LogP contribution in [0.4, 0.5) is 10.1 Å². The number of fused-ring (bicyclic) bond motifs is 1. The molecule has 1 amide bonds. The minimum absolute atomic E-state index is 0.0394. The zero-order chi connectivity index (χ0) is 24.0. The van der Waals surface area contributed by atoms with Gasteiger partial charge in [0.05, 0.1) is 23.7 Å². The molecule has 7 nitrogen and oxygen atoms in total. The van der Waals surface area contributed by atoms with Crippen molar-refractivity contribution in [3.05, 3.63) is 88.2 Å². The van der Waals surface area contributed by atoms with E-state index < -0.39 is 29.3 Å². The Morgan fingerprint density at radius 3 is 2.50 bits per heavy atom. The molecule has 5 rings (SSSR count). The Morgan fingerprint density at radius 1 is 1.06 bits per heavy atom. The van der Waals surface area contributed by atoms with Gasteiger partial charge in [0.15, 0.2) is 11.5 Å². The summed E-state index contributed by atoms with van der Waals surface area (Å²) in [5.41, 5.74) is 0.853. The smallest absolute Gasteiger partial charge is 0.300 e. The molecule has 1 fully saturated rings. The third-order valence-electron chi connectivity index (χ3n) is 5.69. The normalized spacial score (nSPS) is 18.4. The monoisotopic (exact) mass is 481 g/mol. The van der Waals surface area contributed by atoms with E-state index in [-0.39, 0.29) is 23.0 Å². The molecule has 3 aromatic carbocycles. The summed E-state index contributed by atoms with van der Waals surface area (Å²) < 4.78 is 29.5. The molecule has 0 aromatic heterocycles. The van der Waals surface area contributed by atoms with Gasteiger partial charge in [0, 0.05) is 11.3 Å². The van der Waals surface area contributed by atoms with Crippen molar-refractivity contribution in [2.24, 2.45) is 0 Å². The van der Waals surface area contributed by atoms with Gasteiger partial charge in [-0.05, 0) is 54.1 Å². The molecule has 1 saturated heterocycles. The van der Waals surface area contributed by atoms with E-state index in [0.29, 0.717) is 28.5 Å². The zero-order valence-electron chi connectivity index (χ0n) is 17.7. The molecule has 0 bridgehead atoms. The first-order valence-electron chi connectivity index (χ1n) is 10.2. The van der Waals surface area contributed by atoms with Gasteiger partial charge in [-0.3, -0.25) is 14.5 Å². The van der Waals surface area contributed by atoms with E-state index in [4.69, 9.17) is 25.8 Å². The van der Waals surface area contributed by atoms with Gasteiger partial charge < -0.3 is 19.3 Å². The number of anilines is 1. The van der Waals surface area contributed by atoms with E-state index in [1.807, 2.05) is 0 Å². The number of benzene rings is 3. The van der Waals surface area contributed by atoms with E-state index in [1.165, 1.54) is 48.4 Å². The second-order valence-corrected chi connectivity index (χ2v) is 8.01. The predicted molar refractivity (Wildman–Crippen MR) is 122 cm³/mol. The zero-order valence-corrected chi connectivity index (χ0v) is 18.5. The maximum absolute atomic E-state index is 13.7. The Balaban J connectivity index is 1.69. The first-order chi connectivity index (χ1) is 16.4. The number of hydrogen-bond donors (Lipinski definition) is 1. The van der Waals surface area contributed by atoms with Crippen LogP contribution in [0.15, 0.2) is 66.2 Å². The van der Waals surface area contributed by atoms with Crippen molar-refractivity contribution in [2.45, 2.75) is 6.04 Å². The number of carbonyl (C=O) groups excluding carboxylic acids is 2. The molecule has 172 valence electrons. The number of carbonyl (C=O) groups is 2. The third kappa shape index (κ3) is 3.52. The third-order valence-corrected chi connectivity index (χ3v) is 5.99. The van der Waals surface area contributed by atoms with Crippen LogP contribution in [0.1, 0.15) is 17.2 Å². The van der Waals surface area contributed by atoms with Gasteiger partial charge in [-0.2, -0.15) is 0 Å². The number of ether oxygens (including phenoxy) is 3. The highest BCUT2D eigenvalue weighted by atomic mass is 35.5. The molecule has 1 N–H and O–H groups in total. The van der Waals surface area contributed by atoms with E-state index in [0.717, 1.165) is 0 Å². The lowest BCUT2D eigenvalue weighted by Gasteiger charge is -2.26. The molecule has 3 aromatic rings. The summed E-state index contributed by atoms with van der Waals surface area (Å²) in [5, 5.41) is 11.4. The Kier molecular flexibility index (Phi) is 5.37. The summed E-state index contributed by atoms with van der Waals surface area (Å²) in [4.78, 5) is 27.6. The second-order valence-electron chi connectivity index (χ2n) is 7.61. The van der Waals surface area contributed by atoms with E-state index >= 15 is 0 Å². The lowest BCUT2D eigenvalue weighted by Crippen LogP contribution is -2.29. The van der Waals surface area contributed by atoms with Crippen molar-refractivity contribution in [3.63, 3.8) is 0 Å². The van der Waals surface area contributed by atoms with Gasteiger partial charge in [-0.1, -0.05) is 23.7 Å². The van der Waals surface area contributed by atoms with Gasteiger partial charge in [-0.25, -0.2) is 4.39 Å². The average molecular weight is 482 g/mol. The van der Waals surface area contributed by atoms with Gasteiger partial charge in [0.1, 0.15) is 17.3 Å². The van der Waals surface area contributed by atoms with Crippen LogP contribution in [-0.4, -0.2) is 30.7 Å². The minimum atomic E-state index is -1.03. The van der Waals surface area contributed by atoms with Gasteiger partial charge in [0.2, 0.25) is 6.79 Å². The number of Topliss-reactive ketones (excluding diaryl/α,β-unsaturated/α-hetero) is 1. The maximum Gasteiger partial charge on any atom is 0.300 e. The molecule has 34 heavy (non-hydrogen) atoms. The first kappa shape index (κ1) is 21.8. The molecule has 0 radical (unpaired) electrons. The van der Waals surface area contributed by atoms with Crippen LogP contribution in [0.2, 0.25) is 5.02 Å². The number of nitrogens with zero attached hydrogens (tertiary/aromatic N) is 1. The summed E-state index contributed by atoms with van der Waals surface area (Å²) in [7, 11) is 1.46. The second kappa shape index (κ2) is 8.39. The molecule has 0 spiro atoms. The van der Waals surface area contributed by atoms with E-state index in [1.54, 1.807) is 24.3 Å². The number of hydrogen-bond acceptors (Lipinski definition) is 6. The lowest BCUT2D eigenvalue weighted by atomic mass is 9.95. The van der Waals surface area contributed by atoms with Crippen LogP contribution in [0.5, 0.6) is 17.2 Å². The fraction of sp³-hybridized carbons (Fsp3) is 0.120. The number of halogens is 2.